The maximum atomic E-state index is 13.2. The molecular weight excluding hydrogens is 340 g/mol. The highest BCUT2D eigenvalue weighted by Crippen LogP contribution is 2.64. The maximum absolute atomic E-state index is 13.2. The van der Waals surface area contributed by atoms with Crippen molar-refractivity contribution in [3.05, 3.63) is 23.8 Å². The van der Waals surface area contributed by atoms with Gasteiger partial charge in [0, 0.05) is 4.87 Å². The predicted molar refractivity (Wildman–Crippen MR) is 98.7 cm³/mol. The first-order chi connectivity index (χ1) is 11.4. The molecule has 0 radical (unpaired) electrons. The lowest BCUT2D eigenvalue weighted by Crippen LogP contribution is -2.57. The Morgan fingerprint density at radius 2 is 2.04 bits per heavy atom. The van der Waals surface area contributed by atoms with Gasteiger partial charge >= 0.3 is 0 Å². The van der Waals surface area contributed by atoms with Gasteiger partial charge in [0.05, 0.1) is 15.6 Å². The standard InChI is InChI=1S/C19H21ClN2OS/c1-11-3-2-4-14-15(11)21-17(24-14)22-16(23)18-6-12-5-13(7-18)9-19(20,8-12)10-18/h2-4,12-13H,5-10H2,1H3,(H,21,22,23)/t12-,13+,18?,19?. The summed E-state index contributed by atoms with van der Waals surface area (Å²) in [5, 5.41) is 3.87. The van der Waals surface area contributed by atoms with Gasteiger partial charge in [-0.2, -0.15) is 0 Å². The van der Waals surface area contributed by atoms with Crippen LogP contribution in [0.15, 0.2) is 18.2 Å². The molecule has 24 heavy (non-hydrogen) atoms. The van der Waals surface area contributed by atoms with Gasteiger partial charge in [-0.15, -0.1) is 11.6 Å². The lowest BCUT2D eigenvalue weighted by Gasteiger charge is -2.59. The number of amides is 1. The van der Waals surface area contributed by atoms with Crippen LogP contribution in [-0.4, -0.2) is 15.8 Å². The van der Waals surface area contributed by atoms with E-state index in [4.69, 9.17) is 11.6 Å². The number of rotatable bonds is 2. The van der Waals surface area contributed by atoms with Crippen molar-refractivity contribution in [1.29, 1.82) is 0 Å². The molecule has 126 valence electrons. The van der Waals surface area contributed by atoms with Crippen LogP contribution in [0.25, 0.3) is 10.2 Å². The zero-order valence-electron chi connectivity index (χ0n) is 13.8. The number of fused-ring (bicyclic) bond motifs is 1. The van der Waals surface area contributed by atoms with Crippen LogP contribution >= 0.6 is 22.9 Å². The number of alkyl halides is 1. The summed E-state index contributed by atoms with van der Waals surface area (Å²) < 4.78 is 1.13. The van der Waals surface area contributed by atoms with E-state index in [1.165, 1.54) is 6.42 Å². The molecule has 4 atom stereocenters. The number of nitrogens with zero attached hydrogens (tertiary/aromatic N) is 1. The third-order valence-corrected chi connectivity index (χ3v) is 7.69. The largest absolute Gasteiger partial charge is 0.301 e. The second-order valence-corrected chi connectivity index (χ2v) is 10.1. The molecule has 4 aliphatic rings. The van der Waals surface area contributed by atoms with Crippen LogP contribution in [0.1, 0.15) is 44.1 Å². The summed E-state index contributed by atoms with van der Waals surface area (Å²) in [6.07, 6.45) is 6.32. The van der Waals surface area contributed by atoms with Crippen LogP contribution in [-0.2, 0) is 4.79 Å². The fourth-order valence-corrected chi connectivity index (χ4v) is 7.42. The smallest absolute Gasteiger partial charge is 0.232 e. The third kappa shape index (κ3) is 2.22. The van der Waals surface area contributed by atoms with Crippen LogP contribution in [0.5, 0.6) is 0 Å². The zero-order chi connectivity index (χ0) is 16.5. The topological polar surface area (TPSA) is 42.0 Å². The van der Waals surface area contributed by atoms with Crippen molar-refractivity contribution in [2.45, 2.75) is 50.3 Å². The number of hydrogen-bond acceptors (Lipinski definition) is 3. The summed E-state index contributed by atoms with van der Waals surface area (Å²) in [5.74, 6) is 1.41. The van der Waals surface area contributed by atoms with Crippen molar-refractivity contribution < 1.29 is 4.79 Å². The van der Waals surface area contributed by atoms with Gasteiger partial charge in [0.2, 0.25) is 5.91 Å². The van der Waals surface area contributed by atoms with E-state index in [1.807, 2.05) is 6.07 Å². The maximum Gasteiger partial charge on any atom is 0.232 e. The molecule has 1 heterocycles. The molecule has 2 unspecified atom stereocenters. The van der Waals surface area contributed by atoms with Crippen molar-refractivity contribution in [3.63, 3.8) is 0 Å². The quantitative estimate of drug-likeness (QED) is 0.755. The average molecular weight is 361 g/mol. The Bertz CT molecular complexity index is 831. The molecule has 5 heteroatoms. The molecule has 2 aromatic rings. The lowest BCUT2D eigenvalue weighted by molar-refractivity contribution is -0.138. The van der Waals surface area contributed by atoms with Gasteiger partial charge in [-0.3, -0.25) is 4.79 Å². The third-order valence-electron chi connectivity index (χ3n) is 6.31. The normalized spacial score (nSPS) is 37.1. The first-order valence-corrected chi connectivity index (χ1v) is 10.0. The van der Waals surface area contributed by atoms with Gasteiger partial charge in [0.15, 0.2) is 5.13 Å². The van der Waals surface area contributed by atoms with Crippen LogP contribution in [0.4, 0.5) is 5.13 Å². The minimum absolute atomic E-state index is 0.133. The fourth-order valence-electron chi connectivity index (χ4n) is 5.79. The zero-order valence-corrected chi connectivity index (χ0v) is 15.3. The molecule has 4 bridgehead atoms. The number of hydrogen-bond donors (Lipinski definition) is 1. The molecule has 1 amide bonds. The van der Waals surface area contributed by atoms with Crippen molar-refractivity contribution in [1.82, 2.24) is 4.98 Å². The van der Waals surface area contributed by atoms with Crippen molar-refractivity contribution in [2.24, 2.45) is 17.3 Å². The van der Waals surface area contributed by atoms with Crippen LogP contribution in [0, 0.1) is 24.2 Å². The second-order valence-electron chi connectivity index (χ2n) is 8.29. The Kier molecular flexibility index (Phi) is 3.12. The number of aryl methyl sites for hydroxylation is 1. The van der Waals surface area contributed by atoms with E-state index >= 15 is 0 Å². The summed E-state index contributed by atoms with van der Waals surface area (Å²) in [6, 6.07) is 6.16. The van der Waals surface area contributed by atoms with Crippen LogP contribution < -0.4 is 5.32 Å². The number of nitrogens with one attached hydrogen (secondary N) is 1. The first kappa shape index (κ1) is 15.2. The van der Waals surface area contributed by atoms with Crippen LogP contribution in [0.2, 0.25) is 0 Å². The summed E-state index contributed by atoms with van der Waals surface area (Å²) in [7, 11) is 0. The minimum atomic E-state index is -0.265. The van der Waals surface area contributed by atoms with Crippen LogP contribution in [0.3, 0.4) is 0 Å². The molecule has 4 fully saturated rings. The number of aromatic nitrogens is 1. The molecule has 1 aromatic heterocycles. The van der Waals surface area contributed by atoms with E-state index in [9.17, 15) is 4.79 Å². The van der Waals surface area contributed by atoms with Gasteiger partial charge in [0.25, 0.3) is 0 Å². The molecular formula is C19H21ClN2OS. The van der Waals surface area contributed by atoms with Crippen molar-refractivity contribution in [3.8, 4) is 0 Å². The molecule has 0 aliphatic heterocycles. The molecule has 3 nitrogen and oxygen atoms in total. The van der Waals surface area contributed by atoms with E-state index in [0.29, 0.717) is 11.8 Å². The highest BCUT2D eigenvalue weighted by Gasteiger charge is 2.60. The predicted octanol–water partition coefficient (Wildman–Crippen LogP) is 5.12. The molecule has 1 aromatic carbocycles. The van der Waals surface area contributed by atoms with E-state index in [-0.39, 0.29) is 16.2 Å². The van der Waals surface area contributed by atoms with Gasteiger partial charge in [0.1, 0.15) is 0 Å². The first-order valence-electron chi connectivity index (χ1n) is 8.81. The minimum Gasteiger partial charge on any atom is -0.301 e. The second kappa shape index (κ2) is 4.95. The number of halogens is 1. The Hall–Kier alpha value is -1.13. The number of carbonyl (C=O) groups excluding carboxylic acids is 1. The summed E-state index contributed by atoms with van der Waals surface area (Å²) >= 11 is 8.43. The number of carbonyl (C=O) groups is 1. The number of thiazole rings is 1. The van der Waals surface area contributed by atoms with Gasteiger partial charge in [-0.05, 0) is 68.9 Å². The fraction of sp³-hybridized carbons (Fsp3) is 0.579. The Morgan fingerprint density at radius 3 is 2.71 bits per heavy atom. The van der Waals surface area contributed by atoms with Gasteiger partial charge < -0.3 is 5.32 Å². The van der Waals surface area contributed by atoms with E-state index in [1.54, 1.807) is 11.3 Å². The summed E-state index contributed by atoms with van der Waals surface area (Å²) in [6.45, 7) is 2.06. The average Bonchev–Trinajstić information content (AvgIpc) is 2.88. The molecule has 4 aliphatic carbocycles. The molecule has 0 spiro atoms. The van der Waals surface area contributed by atoms with Gasteiger partial charge in [-0.25, -0.2) is 4.98 Å². The highest BCUT2D eigenvalue weighted by molar-refractivity contribution is 7.22. The Labute approximate surface area is 150 Å². The molecule has 1 N–H and O–H groups in total. The molecule has 4 saturated carbocycles. The SMILES string of the molecule is Cc1cccc2sc(NC(=O)C34C[C@@H]5C[C@@H](CC(Cl)(C5)C3)C4)nc12. The number of para-hydroxylation sites is 1. The summed E-state index contributed by atoms with van der Waals surface area (Å²) in [4.78, 5) is 17.7. The Morgan fingerprint density at radius 1 is 1.29 bits per heavy atom. The van der Waals surface area contributed by atoms with E-state index in [2.05, 4.69) is 29.4 Å². The monoisotopic (exact) mass is 360 g/mol. The highest BCUT2D eigenvalue weighted by atomic mass is 35.5. The Balaban J connectivity index is 1.45. The van der Waals surface area contributed by atoms with Crippen molar-refractivity contribution >= 4 is 44.2 Å². The van der Waals surface area contributed by atoms with Crippen molar-refractivity contribution in [2.75, 3.05) is 5.32 Å². The molecule has 6 rings (SSSR count). The lowest BCUT2D eigenvalue weighted by atomic mass is 9.49. The van der Waals surface area contributed by atoms with E-state index in [0.717, 1.165) is 53.0 Å². The number of benzene rings is 1. The van der Waals surface area contributed by atoms with E-state index < -0.39 is 0 Å². The molecule has 0 saturated heterocycles. The summed E-state index contributed by atoms with van der Waals surface area (Å²) in [5.41, 5.74) is 1.88. The van der Waals surface area contributed by atoms with Gasteiger partial charge in [-0.1, -0.05) is 23.5 Å². The number of anilines is 1.